The van der Waals surface area contributed by atoms with Gasteiger partial charge in [-0.2, -0.15) is 0 Å². The fraction of sp³-hybridized carbons (Fsp3) is 0.917. The lowest BCUT2D eigenvalue weighted by Crippen LogP contribution is -2.49. The van der Waals surface area contributed by atoms with Crippen LogP contribution in [-0.2, 0) is 9.53 Å². The first-order chi connectivity index (χ1) is 8.17. The van der Waals surface area contributed by atoms with Crippen molar-refractivity contribution in [1.82, 2.24) is 9.80 Å². The summed E-state index contributed by atoms with van der Waals surface area (Å²) in [6.45, 7) is 6.17. The molecule has 1 atom stereocenters. The van der Waals surface area contributed by atoms with E-state index in [1.807, 2.05) is 11.8 Å². The third-order valence-corrected chi connectivity index (χ3v) is 3.31. The molecule has 0 bridgehead atoms. The van der Waals surface area contributed by atoms with Crippen molar-refractivity contribution in [3.8, 4) is 0 Å². The summed E-state index contributed by atoms with van der Waals surface area (Å²) in [5, 5.41) is 8.83. The number of methoxy groups -OCH3 is 1. The molecule has 0 aromatic heterocycles. The van der Waals surface area contributed by atoms with Gasteiger partial charge in [0.25, 0.3) is 0 Å². The van der Waals surface area contributed by atoms with Crippen LogP contribution in [0.4, 0.5) is 0 Å². The third kappa shape index (κ3) is 5.02. The minimum Gasteiger partial charge on any atom is -0.395 e. The molecule has 0 radical (unpaired) electrons. The average Bonchev–Trinajstić information content (AvgIpc) is 2.36. The van der Waals surface area contributed by atoms with Gasteiger partial charge in [-0.1, -0.05) is 0 Å². The summed E-state index contributed by atoms with van der Waals surface area (Å²) in [4.78, 5) is 16.0. The van der Waals surface area contributed by atoms with Crippen LogP contribution < -0.4 is 0 Å². The van der Waals surface area contributed by atoms with Crippen molar-refractivity contribution in [2.24, 2.45) is 0 Å². The molecule has 0 aliphatic carbocycles. The lowest BCUT2D eigenvalue weighted by atomic mass is 10.2. The van der Waals surface area contributed by atoms with E-state index < -0.39 is 0 Å². The molecule has 100 valence electrons. The Morgan fingerprint density at radius 2 is 2.00 bits per heavy atom. The number of hydrogen-bond acceptors (Lipinski definition) is 4. The van der Waals surface area contributed by atoms with E-state index in [1.165, 1.54) is 0 Å². The summed E-state index contributed by atoms with van der Waals surface area (Å²) in [5.74, 6) is 0.220. The van der Waals surface area contributed by atoms with Crippen LogP contribution >= 0.6 is 0 Å². The molecule has 1 unspecified atom stereocenters. The summed E-state index contributed by atoms with van der Waals surface area (Å²) < 4.78 is 5.13. The van der Waals surface area contributed by atoms with Gasteiger partial charge in [0.1, 0.15) is 0 Å². The molecule has 1 heterocycles. The minimum atomic E-state index is 0.148. The van der Waals surface area contributed by atoms with E-state index in [-0.39, 0.29) is 18.6 Å². The molecular formula is C12H24N2O3. The van der Waals surface area contributed by atoms with Crippen LogP contribution in [0.5, 0.6) is 0 Å². The quantitative estimate of drug-likeness (QED) is 0.711. The molecule has 1 aliphatic rings. The predicted molar refractivity (Wildman–Crippen MR) is 65.8 cm³/mol. The van der Waals surface area contributed by atoms with Crippen molar-refractivity contribution in [3.05, 3.63) is 0 Å². The largest absolute Gasteiger partial charge is 0.395 e. The average molecular weight is 244 g/mol. The smallest absolute Gasteiger partial charge is 0.222 e. The topological polar surface area (TPSA) is 53.0 Å². The second-order valence-electron chi connectivity index (χ2n) is 4.53. The fourth-order valence-corrected chi connectivity index (χ4v) is 1.97. The summed E-state index contributed by atoms with van der Waals surface area (Å²) in [7, 11) is 1.67. The number of carbonyl (C=O) groups is 1. The molecule has 1 saturated heterocycles. The molecule has 5 heteroatoms. The van der Waals surface area contributed by atoms with E-state index in [2.05, 4.69) is 4.90 Å². The zero-order chi connectivity index (χ0) is 12.7. The maximum Gasteiger partial charge on any atom is 0.222 e. The Labute approximate surface area is 103 Å². The highest BCUT2D eigenvalue weighted by molar-refractivity contribution is 5.76. The van der Waals surface area contributed by atoms with Crippen LogP contribution in [0.2, 0.25) is 0 Å². The standard InChI is InChI=1S/C12H24N2O3/c1-11(17-2)3-4-12(16)14-7-5-13(6-8-14)9-10-15/h11,15H,3-10H2,1-2H3. The van der Waals surface area contributed by atoms with Gasteiger partial charge >= 0.3 is 0 Å². The van der Waals surface area contributed by atoms with E-state index in [9.17, 15) is 4.79 Å². The van der Waals surface area contributed by atoms with Gasteiger partial charge in [0.05, 0.1) is 12.7 Å². The Bertz CT molecular complexity index is 228. The third-order valence-electron chi connectivity index (χ3n) is 3.31. The molecule has 17 heavy (non-hydrogen) atoms. The van der Waals surface area contributed by atoms with E-state index in [4.69, 9.17) is 9.84 Å². The van der Waals surface area contributed by atoms with Gasteiger partial charge in [-0.05, 0) is 13.3 Å². The van der Waals surface area contributed by atoms with E-state index in [1.54, 1.807) is 7.11 Å². The van der Waals surface area contributed by atoms with Gasteiger partial charge in [-0.25, -0.2) is 0 Å². The zero-order valence-corrected chi connectivity index (χ0v) is 10.9. The van der Waals surface area contributed by atoms with Gasteiger partial charge in [0.15, 0.2) is 0 Å². The molecule has 0 spiro atoms. The predicted octanol–water partition coefficient (Wildman–Crippen LogP) is -0.0620. The second-order valence-corrected chi connectivity index (χ2v) is 4.53. The van der Waals surface area contributed by atoms with Crippen molar-refractivity contribution in [2.45, 2.75) is 25.9 Å². The highest BCUT2D eigenvalue weighted by Gasteiger charge is 2.20. The number of amides is 1. The molecule has 0 aromatic rings. The van der Waals surface area contributed by atoms with Crippen LogP contribution in [-0.4, -0.2) is 73.4 Å². The SMILES string of the molecule is COC(C)CCC(=O)N1CCN(CCO)CC1. The number of β-amino-alcohol motifs (C(OH)–C–C–N with tert-alkyl or cyclic N) is 1. The number of aliphatic hydroxyl groups is 1. The Morgan fingerprint density at radius 3 is 2.53 bits per heavy atom. The maximum absolute atomic E-state index is 11.9. The maximum atomic E-state index is 11.9. The molecule has 0 aromatic carbocycles. The number of ether oxygens (including phenoxy) is 1. The van der Waals surface area contributed by atoms with Gasteiger partial charge in [0.2, 0.25) is 5.91 Å². The molecular weight excluding hydrogens is 220 g/mol. The summed E-state index contributed by atoms with van der Waals surface area (Å²) in [5.41, 5.74) is 0. The highest BCUT2D eigenvalue weighted by atomic mass is 16.5. The molecule has 0 saturated carbocycles. The number of nitrogens with zero attached hydrogens (tertiary/aromatic N) is 2. The van der Waals surface area contributed by atoms with E-state index >= 15 is 0 Å². The number of rotatable bonds is 6. The lowest BCUT2D eigenvalue weighted by Gasteiger charge is -2.34. The number of hydrogen-bond donors (Lipinski definition) is 1. The van der Waals surface area contributed by atoms with Crippen LogP contribution in [0.3, 0.4) is 0 Å². The highest BCUT2D eigenvalue weighted by Crippen LogP contribution is 2.07. The van der Waals surface area contributed by atoms with Crippen LogP contribution in [0, 0.1) is 0 Å². The second kappa shape index (κ2) is 7.63. The van der Waals surface area contributed by atoms with Gasteiger partial charge in [-0.3, -0.25) is 9.69 Å². The monoisotopic (exact) mass is 244 g/mol. The Kier molecular flexibility index (Phi) is 6.47. The number of aliphatic hydroxyl groups excluding tert-OH is 1. The summed E-state index contributed by atoms with van der Waals surface area (Å²) >= 11 is 0. The van der Waals surface area contributed by atoms with Gasteiger partial charge in [-0.15, -0.1) is 0 Å². The van der Waals surface area contributed by atoms with Crippen molar-refractivity contribution < 1.29 is 14.6 Å². The molecule has 1 N–H and O–H groups in total. The number of carbonyl (C=O) groups excluding carboxylic acids is 1. The van der Waals surface area contributed by atoms with Crippen molar-refractivity contribution >= 4 is 5.91 Å². The van der Waals surface area contributed by atoms with Crippen LogP contribution in [0.25, 0.3) is 0 Å². The minimum absolute atomic E-state index is 0.148. The zero-order valence-electron chi connectivity index (χ0n) is 10.9. The first kappa shape index (κ1) is 14.4. The van der Waals surface area contributed by atoms with Gasteiger partial charge in [0, 0.05) is 46.3 Å². The summed E-state index contributed by atoms with van der Waals surface area (Å²) in [6.07, 6.45) is 1.50. The van der Waals surface area contributed by atoms with Crippen LogP contribution in [0.15, 0.2) is 0 Å². The molecule has 5 nitrogen and oxygen atoms in total. The Morgan fingerprint density at radius 1 is 1.35 bits per heavy atom. The molecule has 1 rings (SSSR count). The first-order valence-corrected chi connectivity index (χ1v) is 6.31. The molecule has 1 amide bonds. The number of piperazine rings is 1. The van der Waals surface area contributed by atoms with Gasteiger partial charge < -0.3 is 14.7 Å². The van der Waals surface area contributed by atoms with Crippen LogP contribution in [0.1, 0.15) is 19.8 Å². The molecule has 1 aliphatic heterocycles. The van der Waals surface area contributed by atoms with E-state index in [0.717, 1.165) is 32.6 Å². The Balaban J connectivity index is 2.21. The van der Waals surface area contributed by atoms with Crippen molar-refractivity contribution in [2.75, 3.05) is 46.4 Å². The van der Waals surface area contributed by atoms with E-state index in [0.29, 0.717) is 13.0 Å². The fourth-order valence-electron chi connectivity index (χ4n) is 1.97. The molecule has 1 fully saturated rings. The van der Waals surface area contributed by atoms with Crippen molar-refractivity contribution in [1.29, 1.82) is 0 Å². The summed E-state index contributed by atoms with van der Waals surface area (Å²) in [6, 6.07) is 0. The first-order valence-electron chi connectivity index (χ1n) is 6.31. The normalized spacial score (nSPS) is 19.4. The lowest BCUT2D eigenvalue weighted by molar-refractivity contribution is -0.133. The Hall–Kier alpha value is -0.650. The van der Waals surface area contributed by atoms with Crippen molar-refractivity contribution in [3.63, 3.8) is 0 Å².